The second-order valence-corrected chi connectivity index (χ2v) is 4.18. The Morgan fingerprint density at radius 3 is 2.72 bits per heavy atom. The maximum Gasteiger partial charge on any atom is 0.149 e. The minimum Gasteiger partial charge on any atom is -0.399 e. The van der Waals surface area contributed by atoms with Gasteiger partial charge in [0, 0.05) is 12.2 Å². The summed E-state index contributed by atoms with van der Waals surface area (Å²) in [5, 5.41) is 20.8. The van der Waals surface area contributed by atoms with E-state index in [0.717, 1.165) is 11.1 Å². The predicted octanol–water partition coefficient (Wildman–Crippen LogP) is 1.51. The van der Waals surface area contributed by atoms with E-state index in [0.29, 0.717) is 18.1 Å². The van der Waals surface area contributed by atoms with Crippen LogP contribution < -0.4 is 11.1 Å². The summed E-state index contributed by atoms with van der Waals surface area (Å²) in [5.74, 6) is 0.657. The molecule has 1 aromatic carbocycles. The molecule has 0 saturated carbocycles. The number of aliphatic hydroxyl groups excluding tert-OH is 1. The number of rotatable bonds is 4. The molecule has 0 amide bonds. The van der Waals surface area contributed by atoms with E-state index in [4.69, 9.17) is 5.73 Å². The molecule has 0 aliphatic rings. The molecular formula is C13H16N4O. The molecule has 18 heavy (non-hydrogen) atoms. The molecular weight excluding hydrogens is 228 g/mol. The van der Waals surface area contributed by atoms with Gasteiger partial charge in [0.1, 0.15) is 5.82 Å². The molecule has 0 spiro atoms. The van der Waals surface area contributed by atoms with E-state index in [-0.39, 0.29) is 0 Å². The van der Waals surface area contributed by atoms with Crippen molar-refractivity contribution in [2.24, 2.45) is 0 Å². The highest BCUT2D eigenvalue weighted by atomic mass is 16.3. The molecule has 2 aromatic rings. The minimum absolute atomic E-state index is 0.377. The molecule has 1 atom stereocenters. The summed E-state index contributed by atoms with van der Waals surface area (Å²) in [6, 6.07) is 9.03. The highest BCUT2D eigenvalue weighted by Gasteiger charge is 2.07. The van der Waals surface area contributed by atoms with E-state index in [9.17, 15) is 5.11 Å². The van der Waals surface area contributed by atoms with Crippen molar-refractivity contribution in [1.82, 2.24) is 10.2 Å². The van der Waals surface area contributed by atoms with E-state index in [1.54, 1.807) is 18.3 Å². The number of nitrogens with one attached hydrogen (secondary N) is 1. The van der Waals surface area contributed by atoms with Gasteiger partial charge in [0.25, 0.3) is 0 Å². The summed E-state index contributed by atoms with van der Waals surface area (Å²) in [6.45, 7) is 2.32. The van der Waals surface area contributed by atoms with Gasteiger partial charge in [-0.1, -0.05) is 12.1 Å². The molecule has 1 unspecified atom stereocenters. The fourth-order valence-electron chi connectivity index (χ4n) is 1.59. The second kappa shape index (κ2) is 5.46. The van der Waals surface area contributed by atoms with Crippen molar-refractivity contribution in [2.45, 2.75) is 13.0 Å². The molecule has 0 aliphatic carbocycles. The van der Waals surface area contributed by atoms with Crippen molar-refractivity contribution < 1.29 is 5.11 Å². The first-order valence-corrected chi connectivity index (χ1v) is 5.72. The van der Waals surface area contributed by atoms with Crippen molar-refractivity contribution in [3.05, 3.63) is 47.7 Å². The molecule has 0 aliphatic heterocycles. The summed E-state index contributed by atoms with van der Waals surface area (Å²) >= 11 is 0. The minimum atomic E-state index is -0.604. The van der Waals surface area contributed by atoms with Crippen LogP contribution in [-0.4, -0.2) is 21.8 Å². The Bertz CT molecular complexity index is 513. The third-order valence-electron chi connectivity index (χ3n) is 2.59. The molecule has 4 N–H and O–H groups in total. The van der Waals surface area contributed by atoms with Crippen LogP contribution in [0.15, 0.2) is 36.5 Å². The van der Waals surface area contributed by atoms with Gasteiger partial charge in [-0.15, -0.1) is 5.10 Å². The smallest absolute Gasteiger partial charge is 0.149 e. The van der Waals surface area contributed by atoms with Crippen LogP contribution in [0, 0.1) is 6.92 Å². The summed E-state index contributed by atoms with van der Waals surface area (Å²) in [5.41, 5.74) is 8.12. The lowest BCUT2D eigenvalue weighted by atomic mass is 10.1. The molecule has 0 fully saturated rings. The Morgan fingerprint density at radius 1 is 1.33 bits per heavy atom. The van der Waals surface area contributed by atoms with E-state index in [2.05, 4.69) is 15.5 Å². The predicted molar refractivity (Wildman–Crippen MR) is 71.1 cm³/mol. The first-order valence-electron chi connectivity index (χ1n) is 5.72. The molecule has 5 heteroatoms. The fraction of sp³-hybridized carbons (Fsp3) is 0.231. The van der Waals surface area contributed by atoms with Crippen molar-refractivity contribution in [3.63, 3.8) is 0 Å². The molecule has 0 radical (unpaired) electrons. The van der Waals surface area contributed by atoms with Crippen LogP contribution >= 0.6 is 0 Å². The quantitative estimate of drug-likeness (QED) is 0.710. The number of nitrogens with two attached hydrogens (primary N) is 1. The van der Waals surface area contributed by atoms with Gasteiger partial charge in [0.15, 0.2) is 0 Å². The lowest BCUT2D eigenvalue weighted by Gasteiger charge is -2.12. The van der Waals surface area contributed by atoms with Gasteiger partial charge in [-0.3, -0.25) is 0 Å². The maximum absolute atomic E-state index is 9.99. The standard InChI is InChI=1S/C13H16N4O/c1-9-6-13(17-16-7-9)15-8-12(18)10-2-4-11(14)5-3-10/h2-7,12,18H,8,14H2,1H3,(H,15,17). The van der Waals surface area contributed by atoms with Gasteiger partial charge in [-0.25, -0.2) is 0 Å². The molecule has 5 nitrogen and oxygen atoms in total. The number of nitrogen functional groups attached to an aromatic ring is 1. The topological polar surface area (TPSA) is 84.1 Å². The number of aliphatic hydroxyl groups is 1. The van der Waals surface area contributed by atoms with Gasteiger partial charge < -0.3 is 16.2 Å². The number of anilines is 2. The number of nitrogens with zero attached hydrogens (tertiary/aromatic N) is 2. The Morgan fingerprint density at radius 2 is 2.06 bits per heavy atom. The van der Waals surface area contributed by atoms with Crippen LogP contribution in [0.25, 0.3) is 0 Å². The van der Waals surface area contributed by atoms with Crippen LogP contribution in [0.4, 0.5) is 11.5 Å². The molecule has 2 rings (SSSR count). The van der Waals surface area contributed by atoms with Gasteiger partial charge in [0.05, 0.1) is 12.3 Å². The zero-order chi connectivity index (χ0) is 13.0. The van der Waals surface area contributed by atoms with E-state index >= 15 is 0 Å². The van der Waals surface area contributed by atoms with Gasteiger partial charge in [0.2, 0.25) is 0 Å². The van der Waals surface area contributed by atoms with Crippen molar-refractivity contribution in [3.8, 4) is 0 Å². The summed E-state index contributed by atoms with van der Waals surface area (Å²) in [7, 11) is 0. The molecule has 0 bridgehead atoms. The van der Waals surface area contributed by atoms with Crippen molar-refractivity contribution >= 4 is 11.5 Å². The van der Waals surface area contributed by atoms with Gasteiger partial charge in [-0.05, 0) is 36.2 Å². The second-order valence-electron chi connectivity index (χ2n) is 4.18. The SMILES string of the molecule is Cc1cnnc(NCC(O)c2ccc(N)cc2)c1. The van der Waals surface area contributed by atoms with Gasteiger partial charge in [-0.2, -0.15) is 5.10 Å². The Kier molecular flexibility index (Phi) is 3.74. The zero-order valence-corrected chi connectivity index (χ0v) is 10.2. The third-order valence-corrected chi connectivity index (χ3v) is 2.59. The lowest BCUT2D eigenvalue weighted by Crippen LogP contribution is -2.13. The van der Waals surface area contributed by atoms with Crippen molar-refractivity contribution in [2.75, 3.05) is 17.6 Å². The number of aromatic nitrogens is 2. The number of benzene rings is 1. The number of hydrogen-bond acceptors (Lipinski definition) is 5. The number of aryl methyl sites for hydroxylation is 1. The van der Waals surface area contributed by atoms with Crippen LogP contribution in [0.5, 0.6) is 0 Å². The van der Waals surface area contributed by atoms with Crippen LogP contribution in [0.1, 0.15) is 17.2 Å². The number of hydrogen-bond donors (Lipinski definition) is 3. The third kappa shape index (κ3) is 3.18. The van der Waals surface area contributed by atoms with Crippen LogP contribution in [-0.2, 0) is 0 Å². The maximum atomic E-state index is 9.99. The van der Waals surface area contributed by atoms with E-state index in [1.807, 2.05) is 25.1 Å². The molecule has 0 saturated heterocycles. The Balaban J connectivity index is 1.96. The average Bonchev–Trinajstić information content (AvgIpc) is 2.37. The summed E-state index contributed by atoms with van der Waals surface area (Å²) in [4.78, 5) is 0. The summed E-state index contributed by atoms with van der Waals surface area (Å²) in [6.07, 6.45) is 1.08. The lowest BCUT2D eigenvalue weighted by molar-refractivity contribution is 0.191. The Hall–Kier alpha value is -2.14. The molecule has 1 heterocycles. The fourth-order valence-corrected chi connectivity index (χ4v) is 1.59. The van der Waals surface area contributed by atoms with E-state index < -0.39 is 6.10 Å². The van der Waals surface area contributed by atoms with E-state index in [1.165, 1.54) is 0 Å². The highest BCUT2D eigenvalue weighted by Crippen LogP contribution is 2.15. The monoisotopic (exact) mass is 244 g/mol. The van der Waals surface area contributed by atoms with Crippen molar-refractivity contribution in [1.29, 1.82) is 0 Å². The first kappa shape index (κ1) is 12.3. The first-order chi connectivity index (χ1) is 8.65. The molecule has 94 valence electrons. The molecule has 1 aromatic heterocycles. The van der Waals surface area contributed by atoms with Crippen LogP contribution in [0.2, 0.25) is 0 Å². The summed E-state index contributed by atoms with van der Waals surface area (Å²) < 4.78 is 0. The largest absolute Gasteiger partial charge is 0.399 e. The normalized spacial score (nSPS) is 12.1. The van der Waals surface area contributed by atoms with Crippen LogP contribution in [0.3, 0.4) is 0 Å². The Labute approximate surface area is 106 Å². The van der Waals surface area contributed by atoms with Gasteiger partial charge >= 0.3 is 0 Å². The highest BCUT2D eigenvalue weighted by molar-refractivity contribution is 5.40. The zero-order valence-electron chi connectivity index (χ0n) is 10.2. The average molecular weight is 244 g/mol.